The molecule has 2 aliphatic heterocycles. The molecule has 0 bridgehead atoms. The Morgan fingerprint density at radius 3 is 2.77 bits per heavy atom. The van der Waals surface area contributed by atoms with E-state index in [0.717, 1.165) is 38.9 Å². The summed E-state index contributed by atoms with van der Waals surface area (Å²) in [6.45, 7) is 4.53. The number of amides is 2. The van der Waals surface area contributed by atoms with Gasteiger partial charge in [-0.3, -0.25) is 0 Å². The SMILES string of the molecule is COc1ccccc1OC1CN(C(=O)NCCCN2CCC[C@@H](O)C2)C1. The van der Waals surface area contributed by atoms with Gasteiger partial charge in [0.05, 0.1) is 26.3 Å². The molecule has 0 radical (unpaired) electrons. The van der Waals surface area contributed by atoms with E-state index in [2.05, 4.69) is 10.2 Å². The van der Waals surface area contributed by atoms with Gasteiger partial charge in [0.1, 0.15) is 6.10 Å². The molecule has 144 valence electrons. The fraction of sp³-hybridized carbons (Fsp3) is 0.632. The number of likely N-dealkylation sites (tertiary alicyclic amines) is 2. The summed E-state index contributed by atoms with van der Waals surface area (Å²) in [5.74, 6) is 1.42. The lowest BCUT2D eigenvalue weighted by molar-refractivity contribution is 0.0424. The van der Waals surface area contributed by atoms with Gasteiger partial charge in [-0.05, 0) is 44.5 Å². The molecule has 2 N–H and O–H groups in total. The maximum absolute atomic E-state index is 12.1. The summed E-state index contributed by atoms with van der Waals surface area (Å²) in [7, 11) is 1.62. The van der Waals surface area contributed by atoms with E-state index < -0.39 is 0 Å². The van der Waals surface area contributed by atoms with E-state index in [1.54, 1.807) is 12.0 Å². The molecular weight excluding hydrogens is 334 g/mol. The second kappa shape index (κ2) is 9.09. The molecule has 2 amide bonds. The van der Waals surface area contributed by atoms with E-state index in [0.29, 0.717) is 31.1 Å². The number of ether oxygens (including phenoxy) is 2. The van der Waals surface area contributed by atoms with Crippen LogP contribution in [-0.4, -0.2) is 79.5 Å². The van der Waals surface area contributed by atoms with Gasteiger partial charge in [-0.25, -0.2) is 4.79 Å². The summed E-state index contributed by atoms with van der Waals surface area (Å²) in [5, 5.41) is 12.6. The van der Waals surface area contributed by atoms with Crippen molar-refractivity contribution in [2.24, 2.45) is 0 Å². The number of para-hydroxylation sites is 2. The van der Waals surface area contributed by atoms with E-state index >= 15 is 0 Å². The Balaban J connectivity index is 1.30. The first kappa shape index (κ1) is 18.8. The van der Waals surface area contributed by atoms with E-state index in [1.165, 1.54) is 0 Å². The van der Waals surface area contributed by atoms with Crippen molar-refractivity contribution in [3.63, 3.8) is 0 Å². The number of piperidine rings is 1. The number of β-amino-alcohol motifs (C(OH)–C–C–N with tert-alkyl or cyclic N) is 1. The fourth-order valence-electron chi connectivity index (χ4n) is 3.42. The van der Waals surface area contributed by atoms with Gasteiger partial charge in [-0.15, -0.1) is 0 Å². The number of carbonyl (C=O) groups excluding carboxylic acids is 1. The minimum absolute atomic E-state index is 0.00638. The van der Waals surface area contributed by atoms with Crippen molar-refractivity contribution in [1.82, 2.24) is 15.1 Å². The smallest absolute Gasteiger partial charge is 0.317 e. The molecule has 3 rings (SSSR count). The van der Waals surface area contributed by atoms with Gasteiger partial charge >= 0.3 is 6.03 Å². The third kappa shape index (κ3) is 5.02. The second-order valence-corrected chi connectivity index (χ2v) is 6.98. The lowest BCUT2D eigenvalue weighted by Crippen LogP contribution is -2.59. The zero-order chi connectivity index (χ0) is 18.4. The molecule has 7 heteroatoms. The summed E-state index contributed by atoms with van der Waals surface area (Å²) < 4.78 is 11.2. The van der Waals surface area contributed by atoms with Gasteiger partial charge < -0.3 is 29.7 Å². The van der Waals surface area contributed by atoms with Crippen molar-refractivity contribution in [3.8, 4) is 11.5 Å². The Bertz CT molecular complexity index is 592. The van der Waals surface area contributed by atoms with Gasteiger partial charge in [0.25, 0.3) is 0 Å². The highest BCUT2D eigenvalue weighted by atomic mass is 16.5. The van der Waals surface area contributed by atoms with Gasteiger partial charge in [0, 0.05) is 13.1 Å². The fourth-order valence-corrected chi connectivity index (χ4v) is 3.42. The van der Waals surface area contributed by atoms with Gasteiger partial charge in [-0.2, -0.15) is 0 Å². The lowest BCUT2D eigenvalue weighted by atomic mass is 10.1. The van der Waals surface area contributed by atoms with Crippen LogP contribution < -0.4 is 14.8 Å². The molecule has 2 heterocycles. The van der Waals surface area contributed by atoms with Crippen molar-refractivity contribution in [2.75, 3.05) is 46.4 Å². The van der Waals surface area contributed by atoms with Gasteiger partial charge in [0.15, 0.2) is 11.5 Å². The summed E-state index contributed by atoms with van der Waals surface area (Å²) in [4.78, 5) is 16.2. The van der Waals surface area contributed by atoms with Crippen LogP contribution in [0.3, 0.4) is 0 Å². The number of aliphatic hydroxyl groups excluding tert-OH is 1. The predicted molar refractivity (Wildman–Crippen MR) is 98.7 cm³/mol. The number of methoxy groups -OCH3 is 1. The quantitative estimate of drug-likeness (QED) is 0.715. The summed E-state index contributed by atoms with van der Waals surface area (Å²) in [6.07, 6.45) is 2.66. The van der Waals surface area contributed by atoms with E-state index in [1.807, 2.05) is 24.3 Å². The molecule has 0 spiro atoms. The number of urea groups is 1. The number of hydrogen-bond donors (Lipinski definition) is 2. The molecule has 26 heavy (non-hydrogen) atoms. The number of carbonyl (C=O) groups is 1. The van der Waals surface area contributed by atoms with Gasteiger partial charge in [0.2, 0.25) is 0 Å². The molecular formula is C19H29N3O4. The molecule has 7 nitrogen and oxygen atoms in total. The first-order valence-corrected chi connectivity index (χ1v) is 9.38. The van der Waals surface area contributed by atoms with Crippen LogP contribution in [-0.2, 0) is 0 Å². The van der Waals surface area contributed by atoms with Crippen LogP contribution in [0.1, 0.15) is 19.3 Å². The van der Waals surface area contributed by atoms with Crippen LogP contribution in [0, 0.1) is 0 Å². The predicted octanol–water partition coefficient (Wildman–Crippen LogP) is 1.31. The van der Waals surface area contributed by atoms with Crippen molar-refractivity contribution in [2.45, 2.75) is 31.5 Å². The molecule has 1 atom stereocenters. The van der Waals surface area contributed by atoms with Crippen molar-refractivity contribution >= 4 is 6.03 Å². The van der Waals surface area contributed by atoms with E-state index in [-0.39, 0.29) is 18.2 Å². The zero-order valence-corrected chi connectivity index (χ0v) is 15.4. The molecule has 2 aliphatic rings. The Kier molecular flexibility index (Phi) is 6.57. The summed E-state index contributed by atoms with van der Waals surface area (Å²) >= 11 is 0. The summed E-state index contributed by atoms with van der Waals surface area (Å²) in [6, 6.07) is 7.50. The molecule has 0 unspecified atom stereocenters. The normalized spacial score (nSPS) is 21.2. The first-order valence-electron chi connectivity index (χ1n) is 9.38. The highest BCUT2D eigenvalue weighted by molar-refractivity contribution is 5.75. The molecule has 1 aromatic rings. The minimum atomic E-state index is -0.195. The van der Waals surface area contributed by atoms with Crippen LogP contribution >= 0.6 is 0 Å². The molecule has 1 aromatic carbocycles. The van der Waals surface area contributed by atoms with Crippen LogP contribution in [0.2, 0.25) is 0 Å². The molecule has 2 saturated heterocycles. The maximum Gasteiger partial charge on any atom is 0.317 e. The highest BCUT2D eigenvalue weighted by Crippen LogP contribution is 2.28. The number of hydrogen-bond acceptors (Lipinski definition) is 5. The second-order valence-electron chi connectivity index (χ2n) is 6.98. The highest BCUT2D eigenvalue weighted by Gasteiger charge is 2.32. The lowest BCUT2D eigenvalue weighted by Gasteiger charge is -2.39. The third-order valence-electron chi connectivity index (χ3n) is 4.91. The van der Waals surface area contributed by atoms with Crippen molar-refractivity contribution in [1.29, 1.82) is 0 Å². The molecule has 0 aromatic heterocycles. The Morgan fingerprint density at radius 1 is 1.27 bits per heavy atom. The van der Waals surface area contributed by atoms with Crippen LogP contribution in [0.25, 0.3) is 0 Å². The van der Waals surface area contributed by atoms with Crippen LogP contribution in [0.4, 0.5) is 4.79 Å². The average Bonchev–Trinajstić information content (AvgIpc) is 2.61. The molecule has 0 aliphatic carbocycles. The average molecular weight is 363 g/mol. The van der Waals surface area contributed by atoms with Gasteiger partial charge in [-0.1, -0.05) is 12.1 Å². The van der Waals surface area contributed by atoms with E-state index in [9.17, 15) is 9.90 Å². The largest absolute Gasteiger partial charge is 0.493 e. The number of rotatable bonds is 7. The Labute approximate surface area is 154 Å². The van der Waals surface area contributed by atoms with Crippen molar-refractivity contribution in [3.05, 3.63) is 24.3 Å². The monoisotopic (exact) mass is 363 g/mol. The van der Waals surface area contributed by atoms with Crippen molar-refractivity contribution < 1.29 is 19.4 Å². The van der Waals surface area contributed by atoms with Crippen LogP contribution in [0.15, 0.2) is 24.3 Å². The molecule has 2 fully saturated rings. The maximum atomic E-state index is 12.1. The van der Waals surface area contributed by atoms with Crippen LogP contribution in [0.5, 0.6) is 11.5 Å². The summed E-state index contributed by atoms with van der Waals surface area (Å²) in [5.41, 5.74) is 0. The number of benzene rings is 1. The standard InChI is InChI=1S/C19H29N3O4/c1-25-17-7-2-3-8-18(17)26-16-13-22(14-16)19(24)20-9-5-11-21-10-4-6-15(23)12-21/h2-3,7-8,15-16,23H,4-6,9-14H2,1H3,(H,20,24)/t15-/m1/s1. The molecule has 0 saturated carbocycles. The number of aliphatic hydroxyl groups is 1. The number of nitrogens with zero attached hydrogens (tertiary/aromatic N) is 2. The van der Waals surface area contributed by atoms with E-state index in [4.69, 9.17) is 9.47 Å². The zero-order valence-electron chi connectivity index (χ0n) is 15.4. The first-order chi connectivity index (χ1) is 12.7. The Morgan fingerprint density at radius 2 is 2.04 bits per heavy atom. The third-order valence-corrected chi connectivity index (χ3v) is 4.91. The minimum Gasteiger partial charge on any atom is -0.493 e. The Hall–Kier alpha value is -1.99. The topological polar surface area (TPSA) is 74.3 Å². The number of nitrogens with one attached hydrogen (secondary N) is 1.